The third kappa shape index (κ3) is 5.87. The average Bonchev–Trinajstić information content (AvgIpc) is 1.89. The fraction of sp³-hybridized carbons (Fsp3) is 0.700. The van der Waals surface area contributed by atoms with E-state index in [2.05, 4.69) is 32.9 Å². The van der Waals surface area contributed by atoms with Crippen LogP contribution in [-0.4, -0.2) is 0 Å². The van der Waals surface area contributed by atoms with Crippen LogP contribution >= 0.6 is 0 Å². The van der Waals surface area contributed by atoms with Crippen molar-refractivity contribution in [1.82, 2.24) is 0 Å². The molecule has 0 N–H and O–H groups in total. The first kappa shape index (κ1) is 9.74. The predicted molar refractivity (Wildman–Crippen MR) is 47.8 cm³/mol. The molecule has 0 saturated carbocycles. The third-order valence-electron chi connectivity index (χ3n) is 1.65. The summed E-state index contributed by atoms with van der Waals surface area (Å²) >= 11 is 0. The van der Waals surface area contributed by atoms with Crippen molar-refractivity contribution in [2.45, 2.75) is 39.5 Å². The quantitative estimate of drug-likeness (QED) is 0.510. The highest BCUT2D eigenvalue weighted by molar-refractivity contribution is 4.83. The zero-order chi connectivity index (χ0) is 7.82. The van der Waals surface area contributed by atoms with E-state index >= 15 is 0 Å². The molecule has 1 atom stereocenters. The van der Waals surface area contributed by atoms with Crippen LogP contribution in [0.1, 0.15) is 39.5 Å². The molecule has 0 amide bonds. The monoisotopic (exact) mass is 139 g/mol. The maximum Gasteiger partial charge on any atom is -0.0325 e. The second kappa shape index (κ2) is 6.85. The van der Waals surface area contributed by atoms with Gasteiger partial charge in [-0.1, -0.05) is 38.8 Å². The molecule has 0 heteroatoms. The van der Waals surface area contributed by atoms with Gasteiger partial charge in [-0.15, -0.1) is 0 Å². The highest BCUT2D eigenvalue weighted by Gasteiger charge is 1.95. The maximum absolute atomic E-state index is 3.74. The van der Waals surface area contributed by atoms with E-state index in [-0.39, 0.29) is 0 Å². The molecule has 0 fully saturated rings. The molecule has 0 aliphatic heterocycles. The van der Waals surface area contributed by atoms with Gasteiger partial charge in [0, 0.05) is 0 Å². The molecule has 0 aliphatic carbocycles. The fourth-order valence-electron chi connectivity index (χ4n) is 1.06. The van der Waals surface area contributed by atoms with Gasteiger partial charge in [-0.25, -0.2) is 0 Å². The molecule has 1 radical (unpaired) electrons. The molecule has 1 unspecified atom stereocenters. The second-order valence-electron chi connectivity index (χ2n) is 2.89. The molecular weight excluding hydrogens is 120 g/mol. The zero-order valence-electron chi connectivity index (χ0n) is 7.27. The summed E-state index contributed by atoms with van der Waals surface area (Å²) in [6.07, 6.45) is 9.20. The Bertz CT molecular complexity index is 82.0. The Balaban J connectivity index is 3.20. The van der Waals surface area contributed by atoms with Crippen molar-refractivity contribution in [3.8, 4) is 0 Å². The van der Waals surface area contributed by atoms with Gasteiger partial charge in [0.15, 0.2) is 0 Å². The Morgan fingerprint density at radius 1 is 1.40 bits per heavy atom. The minimum atomic E-state index is 0.854. The highest BCUT2D eigenvalue weighted by atomic mass is 14.0. The van der Waals surface area contributed by atoms with E-state index in [0.717, 1.165) is 12.3 Å². The number of allylic oxidation sites excluding steroid dienone is 2. The molecule has 0 aromatic heterocycles. The first-order valence-corrected chi connectivity index (χ1v) is 4.25. The number of hydrogen-bond acceptors (Lipinski definition) is 0. The standard InChI is InChI=1S/C10H19/c1-4-6-7-9-10(3)8-5-2/h6-7,10H,1,4-5,8-9H2,2-3H3. The molecule has 0 aromatic carbocycles. The Morgan fingerprint density at radius 3 is 2.60 bits per heavy atom. The first-order chi connectivity index (χ1) is 4.81. The van der Waals surface area contributed by atoms with Gasteiger partial charge in [0.25, 0.3) is 0 Å². The Labute approximate surface area is 65.3 Å². The lowest BCUT2D eigenvalue weighted by Gasteiger charge is -2.04. The van der Waals surface area contributed by atoms with Gasteiger partial charge in [-0.2, -0.15) is 0 Å². The van der Waals surface area contributed by atoms with Crippen LogP contribution in [0.15, 0.2) is 12.2 Å². The smallest absolute Gasteiger partial charge is 0.0325 e. The van der Waals surface area contributed by atoms with E-state index in [4.69, 9.17) is 0 Å². The maximum atomic E-state index is 3.74. The van der Waals surface area contributed by atoms with Crippen molar-refractivity contribution >= 4 is 0 Å². The lowest BCUT2D eigenvalue weighted by Crippen LogP contribution is -1.90. The van der Waals surface area contributed by atoms with Crippen molar-refractivity contribution in [2.75, 3.05) is 0 Å². The van der Waals surface area contributed by atoms with E-state index in [1.165, 1.54) is 19.3 Å². The van der Waals surface area contributed by atoms with Crippen LogP contribution in [0.4, 0.5) is 0 Å². The molecule has 59 valence electrons. The van der Waals surface area contributed by atoms with Gasteiger partial charge in [-0.05, 0) is 25.7 Å². The summed E-state index contributed by atoms with van der Waals surface area (Å²) < 4.78 is 0. The van der Waals surface area contributed by atoms with Crippen LogP contribution in [-0.2, 0) is 0 Å². The summed E-state index contributed by atoms with van der Waals surface area (Å²) in [6.45, 7) is 8.28. The predicted octanol–water partition coefficient (Wildman–Crippen LogP) is 3.59. The summed E-state index contributed by atoms with van der Waals surface area (Å²) in [6, 6.07) is 0. The van der Waals surface area contributed by atoms with E-state index in [9.17, 15) is 0 Å². The Hall–Kier alpha value is -0.260. The second-order valence-corrected chi connectivity index (χ2v) is 2.89. The summed E-state index contributed by atoms with van der Waals surface area (Å²) in [4.78, 5) is 0. The van der Waals surface area contributed by atoms with E-state index < -0.39 is 0 Å². The van der Waals surface area contributed by atoms with Crippen molar-refractivity contribution < 1.29 is 0 Å². The molecular formula is C10H19. The molecule has 10 heavy (non-hydrogen) atoms. The molecule has 0 spiro atoms. The fourth-order valence-corrected chi connectivity index (χ4v) is 1.06. The van der Waals surface area contributed by atoms with E-state index in [1.54, 1.807) is 0 Å². The molecule has 0 saturated heterocycles. The van der Waals surface area contributed by atoms with Crippen molar-refractivity contribution in [1.29, 1.82) is 0 Å². The summed E-state index contributed by atoms with van der Waals surface area (Å²) in [5, 5.41) is 0. The largest absolute Gasteiger partial charge is 0.0885 e. The van der Waals surface area contributed by atoms with Crippen LogP contribution in [0.25, 0.3) is 0 Å². The molecule has 0 nitrogen and oxygen atoms in total. The van der Waals surface area contributed by atoms with Gasteiger partial charge in [0.05, 0.1) is 0 Å². The van der Waals surface area contributed by atoms with Crippen molar-refractivity contribution in [2.24, 2.45) is 5.92 Å². The van der Waals surface area contributed by atoms with Gasteiger partial charge >= 0.3 is 0 Å². The van der Waals surface area contributed by atoms with E-state index in [0.29, 0.717) is 0 Å². The van der Waals surface area contributed by atoms with Gasteiger partial charge in [0.2, 0.25) is 0 Å². The lowest BCUT2D eigenvalue weighted by molar-refractivity contribution is 0.532. The topological polar surface area (TPSA) is 0 Å². The van der Waals surface area contributed by atoms with Crippen molar-refractivity contribution in [3.63, 3.8) is 0 Å². The molecule has 0 heterocycles. The number of hydrogen-bond donors (Lipinski definition) is 0. The van der Waals surface area contributed by atoms with Crippen molar-refractivity contribution in [3.05, 3.63) is 19.1 Å². The Kier molecular flexibility index (Phi) is 6.68. The normalized spacial score (nSPS) is 14.3. The van der Waals surface area contributed by atoms with Gasteiger partial charge in [0.1, 0.15) is 0 Å². The van der Waals surface area contributed by atoms with Crippen LogP contribution in [0.3, 0.4) is 0 Å². The first-order valence-electron chi connectivity index (χ1n) is 4.25. The van der Waals surface area contributed by atoms with Crippen LogP contribution in [0.2, 0.25) is 0 Å². The van der Waals surface area contributed by atoms with Crippen LogP contribution < -0.4 is 0 Å². The summed E-state index contributed by atoms with van der Waals surface area (Å²) in [5.74, 6) is 0.854. The van der Waals surface area contributed by atoms with Gasteiger partial charge < -0.3 is 0 Å². The van der Waals surface area contributed by atoms with Crippen LogP contribution in [0.5, 0.6) is 0 Å². The molecule has 0 aliphatic rings. The summed E-state index contributed by atoms with van der Waals surface area (Å²) in [5.41, 5.74) is 0. The van der Waals surface area contributed by atoms with Crippen LogP contribution in [0, 0.1) is 12.8 Å². The minimum absolute atomic E-state index is 0.854. The average molecular weight is 139 g/mol. The zero-order valence-corrected chi connectivity index (χ0v) is 7.27. The van der Waals surface area contributed by atoms with Gasteiger partial charge in [-0.3, -0.25) is 0 Å². The third-order valence-corrected chi connectivity index (χ3v) is 1.65. The van der Waals surface area contributed by atoms with E-state index in [1.807, 2.05) is 0 Å². The molecule has 0 rings (SSSR count). The minimum Gasteiger partial charge on any atom is -0.0885 e. The molecule has 0 aromatic rings. The highest BCUT2D eigenvalue weighted by Crippen LogP contribution is 2.09. The summed E-state index contributed by atoms with van der Waals surface area (Å²) in [7, 11) is 0. The SMILES string of the molecule is [CH2]CC=CCC(C)CCC. The Morgan fingerprint density at radius 2 is 2.10 bits per heavy atom. The molecule has 0 bridgehead atoms. The lowest BCUT2D eigenvalue weighted by atomic mass is 10.0. The number of rotatable bonds is 5.